The maximum absolute atomic E-state index is 4.30. The molecule has 0 amide bonds. The van der Waals surface area contributed by atoms with E-state index in [9.17, 15) is 0 Å². The summed E-state index contributed by atoms with van der Waals surface area (Å²) in [5, 5.41) is 0. The lowest BCUT2D eigenvalue weighted by atomic mass is 9.95. The Morgan fingerprint density at radius 2 is 0.692 bits per heavy atom. The average molecular weight is 332 g/mol. The predicted octanol–water partition coefficient (Wildman–Crippen LogP) is 7.08. The monoisotopic (exact) mass is 332 g/mol. The van der Waals surface area contributed by atoms with Crippen LogP contribution in [-0.4, -0.2) is 0 Å². The van der Waals surface area contributed by atoms with Crippen LogP contribution < -0.4 is 0 Å². The molecule has 4 aromatic carbocycles. The third-order valence-corrected chi connectivity index (χ3v) is 4.68. The molecular formula is C26H20. The highest BCUT2D eigenvalue weighted by Gasteiger charge is 2.04. The molecule has 0 saturated heterocycles. The topological polar surface area (TPSA) is 0 Å². The Bertz CT molecular complexity index is 908. The van der Waals surface area contributed by atoms with Crippen LogP contribution in [0.25, 0.3) is 27.8 Å². The second-order valence-electron chi connectivity index (χ2n) is 6.37. The summed E-state index contributed by atoms with van der Waals surface area (Å²) >= 11 is 0. The summed E-state index contributed by atoms with van der Waals surface area (Å²) < 4.78 is 0. The summed E-state index contributed by atoms with van der Waals surface area (Å²) in [4.78, 5) is 0. The molecule has 0 saturated carbocycles. The van der Waals surface area contributed by atoms with E-state index in [4.69, 9.17) is 0 Å². The van der Waals surface area contributed by atoms with Gasteiger partial charge in [-0.3, -0.25) is 0 Å². The maximum atomic E-state index is 4.30. The van der Waals surface area contributed by atoms with Crippen molar-refractivity contribution in [2.45, 2.75) is 0 Å². The summed E-state index contributed by atoms with van der Waals surface area (Å²) in [7, 11) is 0. The van der Waals surface area contributed by atoms with Gasteiger partial charge in [0.05, 0.1) is 0 Å². The van der Waals surface area contributed by atoms with Gasteiger partial charge >= 0.3 is 0 Å². The Balaban J connectivity index is 1.56. The lowest BCUT2D eigenvalue weighted by Gasteiger charge is -2.09. The van der Waals surface area contributed by atoms with Crippen molar-refractivity contribution in [1.82, 2.24) is 0 Å². The van der Waals surface area contributed by atoms with E-state index in [0.717, 1.165) is 16.7 Å². The van der Waals surface area contributed by atoms with E-state index in [1.54, 1.807) is 0 Å². The van der Waals surface area contributed by atoms with Crippen molar-refractivity contribution >= 4 is 5.57 Å². The van der Waals surface area contributed by atoms with E-state index in [1.165, 1.54) is 22.3 Å². The molecule has 0 aliphatic heterocycles. The highest BCUT2D eigenvalue weighted by Crippen LogP contribution is 2.27. The fraction of sp³-hybridized carbons (Fsp3) is 0. The zero-order valence-corrected chi connectivity index (χ0v) is 14.6. The molecule has 0 atom stereocenters. The molecule has 0 heterocycles. The van der Waals surface area contributed by atoms with Crippen LogP contribution >= 0.6 is 0 Å². The Morgan fingerprint density at radius 3 is 1.04 bits per heavy atom. The van der Waals surface area contributed by atoms with E-state index in [0.29, 0.717) is 0 Å². The maximum Gasteiger partial charge on any atom is -0.0183 e. The number of rotatable bonds is 4. The highest BCUT2D eigenvalue weighted by atomic mass is 14.1. The minimum absolute atomic E-state index is 1.05. The first-order valence-corrected chi connectivity index (χ1v) is 8.82. The summed E-state index contributed by atoms with van der Waals surface area (Å²) in [5.74, 6) is 0. The first-order valence-electron chi connectivity index (χ1n) is 8.82. The fourth-order valence-electron chi connectivity index (χ4n) is 3.16. The van der Waals surface area contributed by atoms with Crippen LogP contribution in [0, 0.1) is 0 Å². The molecule has 0 N–H and O–H groups in total. The van der Waals surface area contributed by atoms with Crippen LogP contribution in [0.5, 0.6) is 0 Å². The number of hydrogen-bond acceptors (Lipinski definition) is 0. The second-order valence-corrected chi connectivity index (χ2v) is 6.37. The molecule has 4 rings (SSSR count). The van der Waals surface area contributed by atoms with Gasteiger partial charge in [-0.05, 0) is 39.0 Å². The van der Waals surface area contributed by atoms with E-state index >= 15 is 0 Å². The zero-order chi connectivity index (χ0) is 17.8. The van der Waals surface area contributed by atoms with E-state index in [1.807, 2.05) is 12.1 Å². The number of hydrogen-bond donors (Lipinski definition) is 0. The van der Waals surface area contributed by atoms with Crippen LogP contribution in [-0.2, 0) is 0 Å². The molecule has 0 aromatic heterocycles. The Labute approximate surface area is 155 Å². The van der Waals surface area contributed by atoms with Crippen LogP contribution in [0.4, 0.5) is 0 Å². The highest BCUT2D eigenvalue weighted by molar-refractivity contribution is 5.80. The van der Waals surface area contributed by atoms with Gasteiger partial charge in [0.25, 0.3) is 0 Å². The first kappa shape index (κ1) is 16.1. The van der Waals surface area contributed by atoms with Gasteiger partial charge in [0.1, 0.15) is 0 Å². The van der Waals surface area contributed by atoms with Gasteiger partial charge in [-0.25, -0.2) is 0 Å². The van der Waals surface area contributed by atoms with Crippen molar-refractivity contribution in [3.8, 4) is 22.3 Å². The third kappa shape index (κ3) is 3.36. The molecule has 0 radical (unpaired) electrons. The number of benzene rings is 4. The SMILES string of the molecule is C=C(c1ccc(-c2ccccc2)cc1)c1ccc(-c2ccccc2)cc1. The molecule has 0 spiro atoms. The van der Waals surface area contributed by atoms with Gasteiger partial charge in [0, 0.05) is 0 Å². The van der Waals surface area contributed by atoms with Crippen molar-refractivity contribution in [3.05, 3.63) is 127 Å². The largest absolute Gasteiger partial charge is 0.0906 e. The van der Waals surface area contributed by atoms with Crippen molar-refractivity contribution < 1.29 is 0 Å². The van der Waals surface area contributed by atoms with Crippen LogP contribution in [0.1, 0.15) is 11.1 Å². The van der Waals surface area contributed by atoms with Gasteiger partial charge < -0.3 is 0 Å². The molecule has 0 bridgehead atoms. The molecule has 26 heavy (non-hydrogen) atoms. The standard InChI is InChI=1S/C26H20/c1-20(21-12-16-25(17-13-21)23-8-4-2-5-9-23)22-14-18-26(19-15-22)24-10-6-3-7-11-24/h2-19H,1H2. The predicted molar refractivity (Wildman–Crippen MR) is 112 cm³/mol. The Hall–Kier alpha value is -3.38. The van der Waals surface area contributed by atoms with E-state index in [-0.39, 0.29) is 0 Å². The van der Waals surface area contributed by atoms with Gasteiger partial charge in [-0.15, -0.1) is 0 Å². The molecular weight excluding hydrogens is 312 g/mol. The Kier molecular flexibility index (Phi) is 4.49. The van der Waals surface area contributed by atoms with Crippen molar-refractivity contribution in [2.75, 3.05) is 0 Å². The lowest BCUT2D eigenvalue weighted by Crippen LogP contribution is -1.87. The zero-order valence-electron chi connectivity index (χ0n) is 14.6. The average Bonchev–Trinajstić information content (AvgIpc) is 2.75. The molecule has 0 fully saturated rings. The molecule has 0 aliphatic carbocycles. The van der Waals surface area contributed by atoms with Gasteiger partial charge in [-0.2, -0.15) is 0 Å². The van der Waals surface area contributed by atoms with Crippen LogP contribution in [0.3, 0.4) is 0 Å². The van der Waals surface area contributed by atoms with Crippen LogP contribution in [0.15, 0.2) is 116 Å². The molecule has 0 aliphatic rings. The lowest BCUT2D eigenvalue weighted by molar-refractivity contribution is 1.54. The summed E-state index contributed by atoms with van der Waals surface area (Å²) in [6, 6.07) is 38.1. The first-order chi connectivity index (χ1) is 12.8. The van der Waals surface area contributed by atoms with Gasteiger partial charge in [0.15, 0.2) is 0 Å². The fourth-order valence-corrected chi connectivity index (χ4v) is 3.16. The molecule has 0 nitrogen and oxygen atoms in total. The minimum atomic E-state index is 1.05. The van der Waals surface area contributed by atoms with Crippen molar-refractivity contribution in [2.24, 2.45) is 0 Å². The molecule has 4 aromatic rings. The summed E-state index contributed by atoms with van der Waals surface area (Å²) in [6.45, 7) is 4.30. The molecule has 0 heteroatoms. The molecule has 124 valence electrons. The van der Waals surface area contributed by atoms with Crippen molar-refractivity contribution in [1.29, 1.82) is 0 Å². The van der Waals surface area contributed by atoms with Gasteiger partial charge in [0.2, 0.25) is 0 Å². The second kappa shape index (κ2) is 7.25. The quantitative estimate of drug-likeness (QED) is 0.374. The van der Waals surface area contributed by atoms with Gasteiger partial charge in [-0.1, -0.05) is 116 Å². The summed E-state index contributed by atoms with van der Waals surface area (Å²) in [6.07, 6.45) is 0. The normalized spacial score (nSPS) is 10.5. The third-order valence-electron chi connectivity index (χ3n) is 4.68. The van der Waals surface area contributed by atoms with E-state index < -0.39 is 0 Å². The van der Waals surface area contributed by atoms with Crippen molar-refractivity contribution in [3.63, 3.8) is 0 Å². The van der Waals surface area contributed by atoms with Crippen LogP contribution in [0.2, 0.25) is 0 Å². The smallest absolute Gasteiger partial charge is 0.0183 e. The van der Waals surface area contributed by atoms with E-state index in [2.05, 4.69) is 104 Å². The minimum Gasteiger partial charge on any atom is -0.0906 e. The molecule has 0 unspecified atom stereocenters. The Morgan fingerprint density at radius 1 is 0.385 bits per heavy atom. The summed E-state index contributed by atoms with van der Waals surface area (Å²) in [5.41, 5.74) is 8.26.